The number of halogens is 1. The summed E-state index contributed by atoms with van der Waals surface area (Å²) < 4.78 is 46.3. The van der Waals surface area contributed by atoms with Gasteiger partial charge in [0.1, 0.15) is 18.3 Å². The first-order valence-corrected chi connectivity index (χ1v) is 11.9. The Hall–Kier alpha value is -3.38. The molecule has 0 unspecified atom stereocenters. The van der Waals surface area contributed by atoms with Gasteiger partial charge in [-0.15, -0.1) is 15.7 Å². The molecule has 2 aromatic rings. The number of aromatic nitrogens is 1. The van der Waals surface area contributed by atoms with Crippen LogP contribution in [0.2, 0.25) is 0 Å². The molecule has 12 heteroatoms. The van der Waals surface area contributed by atoms with Crippen LogP contribution in [0.1, 0.15) is 12.6 Å². The summed E-state index contributed by atoms with van der Waals surface area (Å²) in [6.45, 7) is 1.34. The van der Waals surface area contributed by atoms with Crippen LogP contribution in [0.25, 0.3) is 0 Å². The van der Waals surface area contributed by atoms with Crippen molar-refractivity contribution in [3.8, 4) is 0 Å². The minimum absolute atomic E-state index is 0.0800. The highest BCUT2D eigenvalue weighted by molar-refractivity contribution is 7.90. The van der Waals surface area contributed by atoms with E-state index in [1.54, 1.807) is 16.3 Å². The quantitative estimate of drug-likeness (QED) is 0.610. The Balaban J connectivity index is 1.44. The van der Waals surface area contributed by atoms with Crippen LogP contribution in [-0.4, -0.2) is 48.3 Å². The van der Waals surface area contributed by atoms with E-state index in [2.05, 4.69) is 9.38 Å². The maximum absolute atomic E-state index is 14.2. The van der Waals surface area contributed by atoms with Crippen molar-refractivity contribution in [2.24, 2.45) is 4.40 Å². The van der Waals surface area contributed by atoms with Crippen molar-refractivity contribution in [2.75, 3.05) is 17.2 Å². The smallest absolute Gasteiger partial charge is 0.340 e. The zero-order chi connectivity index (χ0) is 22.9. The van der Waals surface area contributed by atoms with Crippen molar-refractivity contribution >= 4 is 49.9 Å². The lowest BCUT2D eigenvalue weighted by atomic mass is 10.2. The topological polar surface area (TPSA) is 109 Å². The van der Waals surface area contributed by atoms with Crippen LogP contribution in [0.15, 0.2) is 58.0 Å². The first-order valence-electron chi connectivity index (χ1n) is 9.39. The van der Waals surface area contributed by atoms with E-state index in [1.807, 2.05) is 0 Å². The van der Waals surface area contributed by atoms with Crippen molar-refractivity contribution in [1.82, 2.24) is 9.88 Å². The Labute approximate surface area is 187 Å². The zero-order valence-electron chi connectivity index (χ0n) is 16.8. The Bertz CT molecular complexity index is 1280. The molecule has 2 aliphatic rings. The summed E-state index contributed by atoms with van der Waals surface area (Å²) in [4.78, 5) is 31.5. The maximum Gasteiger partial charge on any atom is 0.340 e. The molecule has 0 bridgehead atoms. The van der Waals surface area contributed by atoms with Gasteiger partial charge in [0.05, 0.1) is 22.7 Å². The fourth-order valence-corrected chi connectivity index (χ4v) is 4.88. The van der Waals surface area contributed by atoms with E-state index >= 15 is 0 Å². The standard InChI is InChI=1S/C20H17FN4O5S2/c1-13(26)25(17-5-3-2-4-16(17)21)20-22-15(12-31-20)11-30-19(27)14-6-7-18-23-32(28,29)9-8-24(18)10-14/h2-7,10,12H,8-9,11H2,1H3. The number of thiazole rings is 1. The number of fused-ring (bicyclic) bond motifs is 1. The lowest BCUT2D eigenvalue weighted by molar-refractivity contribution is -0.140. The number of nitrogens with zero attached hydrogens (tertiary/aromatic N) is 4. The Morgan fingerprint density at radius 3 is 2.81 bits per heavy atom. The molecule has 0 aliphatic carbocycles. The molecule has 0 saturated heterocycles. The first kappa shape index (κ1) is 21.8. The number of amides is 1. The number of sulfonamides is 1. The molecule has 4 rings (SSSR count). The van der Waals surface area contributed by atoms with Crippen LogP contribution >= 0.6 is 11.3 Å². The van der Waals surface area contributed by atoms with E-state index < -0.39 is 27.7 Å². The van der Waals surface area contributed by atoms with Crippen molar-refractivity contribution < 1.29 is 27.1 Å². The predicted molar refractivity (Wildman–Crippen MR) is 116 cm³/mol. The van der Waals surface area contributed by atoms with Crippen LogP contribution < -0.4 is 4.90 Å². The van der Waals surface area contributed by atoms with Crippen LogP contribution in [0.5, 0.6) is 0 Å². The molecule has 166 valence electrons. The van der Waals surface area contributed by atoms with Crippen LogP contribution in [-0.2, 0) is 31.0 Å². The van der Waals surface area contributed by atoms with E-state index in [0.29, 0.717) is 5.69 Å². The minimum Gasteiger partial charge on any atom is -0.456 e. The molecule has 1 amide bonds. The Morgan fingerprint density at radius 2 is 2.06 bits per heavy atom. The van der Waals surface area contributed by atoms with E-state index in [1.165, 1.54) is 43.5 Å². The van der Waals surface area contributed by atoms with Crippen molar-refractivity contribution in [1.29, 1.82) is 0 Å². The van der Waals surface area contributed by atoms with Gasteiger partial charge >= 0.3 is 5.97 Å². The molecule has 0 atom stereocenters. The number of carbonyl (C=O) groups is 2. The van der Waals surface area contributed by atoms with Gasteiger partial charge in [0, 0.05) is 25.0 Å². The number of amidine groups is 1. The van der Waals surface area contributed by atoms with Crippen molar-refractivity contribution in [3.63, 3.8) is 0 Å². The highest BCUT2D eigenvalue weighted by Gasteiger charge is 2.26. The van der Waals surface area contributed by atoms with Gasteiger partial charge in [0.25, 0.3) is 10.0 Å². The summed E-state index contributed by atoms with van der Waals surface area (Å²) in [5.74, 6) is -1.49. The molecule has 3 heterocycles. The molecule has 0 radical (unpaired) electrons. The molecular formula is C20H17FN4O5S2. The van der Waals surface area contributed by atoms with Crippen molar-refractivity contribution in [2.45, 2.75) is 13.5 Å². The average molecular weight is 477 g/mol. The third-order valence-corrected chi connectivity index (χ3v) is 6.59. The normalized spacial score (nSPS) is 16.6. The van der Waals surface area contributed by atoms with Gasteiger partial charge < -0.3 is 9.64 Å². The number of anilines is 2. The number of carbonyl (C=O) groups excluding carboxylic acids is 2. The number of para-hydroxylation sites is 1. The van der Waals surface area contributed by atoms with Gasteiger partial charge in [-0.25, -0.2) is 22.6 Å². The molecule has 1 aromatic carbocycles. The van der Waals surface area contributed by atoms with Crippen molar-refractivity contribution in [3.05, 3.63) is 65.1 Å². The number of ether oxygens (including phenoxy) is 1. The largest absolute Gasteiger partial charge is 0.456 e. The second-order valence-electron chi connectivity index (χ2n) is 6.85. The van der Waals surface area contributed by atoms with Gasteiger partial charge in [0.2, 0.25) is 5.91 Å². The monoisotopic (exact) mass is 476 g/mol. The number of hydrogen-bond donors (Lipinski definition) is 0. The third kappa shape index (κ3) is 4.60. The third-order valence-electron chi connectivity index (χ3n) is 4.55. The lowest BCUT2D eigenvalue weighted by Crippen LogP contribution is -2.37. The average Bonchev–Trinajstić information content (AvgIpc) is 3.21. The maximum atomic E-state index is 14.2. The summed E-state index contributed by atoms with van der Waals surface area (Å²) >= 11 is 1.12. The molecule has 0 saturated carbocycles. The molecular weight excluding hydrogens is 459 g/mol. The summed E-state index contributed by atoms with van der Waals surface area (Å²) in [5, 5.41) is 1.87. The predicted octanol–water partition coefficient (Wildman–Crippen LogP) is 2.51. The fraction of sp³-hybridized carbons (Fsp3) is 0.200. The summed E-state index contributed by atoms with van der Waals surface area (Å²) in [7, 11) is -3.48. The van der Waals surface area contributed by atoms with Gasteiger partial charge in [0.15, 0.2) is 5.13 Å². The van der Waals surface area contributed by atoms with Gasteiger partial charge in [-0.3, -0.25) is 9.69 Å². The zero-order valence-corrected chi connectivity index (χ0v) is 18.4. The molecule has 0 fully saturated rings. The first-order chi connectivity index (χ1) is 15.2. The minimum atomic E-state index is -3.48. The lowest BCUT2D eigenvalue weighted by Gasteiger charge is -2.26. The summed E-state index contributed by atoms with van der Waals surface area (Å²) in [6.07, 6.45) is 4.35. The molecule has 2 aliphatic heterocycles. The molecule has 9 nitrogen and oxygen atoms in total. The fourth-order valence-electron chi connectivity index (χ4n) is 3.05. The highest BCUT2D eigenvalue weighted by Crippen LogP contribution is 2.31. The molecule has 0 N–H and O–H groups in total. The van der Waals surface area contributed by atoms with Gasteiger partial charge in [-0.2, -0.15) is 0 Å². The number of benzene rings is 1. The van der Waals surface area contributed by atoms with E-state index in [-0.39, 0.29) is 41.1 Å². The molecule has 0 spiro atoms. The van der Waals surface area contributed by atoms with Crippen LogP contribution in [0.3, 0.4) is 0 Å². The number of esters is 1. The summed E-state index contributed by atoms with van der Waals surface area (Å²) in [6, 6.07) is 5.86. The molecule has 1 aromatic heterocycles. The molecule has 32 heavy (non-hydrogen) atoms. The van der Waals surface area contributed by atoms with Gasteiger partial charge in [-0.05, 0) is 24.3 Å². The number of rotatable bonds is 5. The van der Waals surface area contributed by atoms with Crippen LogP contribution in [0.4, 0.5) is 15.2 Å². The SMILES string of the molecule is CC(=O)N(c1nc(COC(=O)C2=CN3CCS(=O)(=O)N=C3C=C2)cs1)c1ccccc1F. The van der Waals surface area contributed by atoms with E-state index in [0.717, 1.165) is 16.2 Å². The summed E-state index contributed by atoms with van der Waals surface area (Å²) in [5.41, 5.74) is 0.708. The van der Waals surface area contributed by atoms with Gasteiger partial charge in [-0.1, -0.05) is 12.1 Å². The number of hydrogen-bond acceptors (Lipinski definition) is 8. The van der Waals surface area contributed by atoms with Crippen LogP contribution in [0, 0.1) is 5.82 Å². The Morgan fingerprint density at radius 1 is 1.28 bits per heavy atom. The Kier molecular flexibility index (Phi) is 5.89. The van der Waals surface area contributed by atoms with E-state index in [4.69, 9.17) is 4.74 Å². The second-order valence-corrected chi connectivity index (χ2v) is 9.44. The van der Waals surface area contributed by atoms with E-state index in [9.17, 15) is 22.4 Å². The highest BCUT2D eigenvalue weighted by atomic mass is 32.2. The second kappa shape index (κ2) is 8.63.